The van der Waals surface area contributed by atoms with Gasteiger partial charge in [-0.2, -0.15) is 5.01 Å². The summed E-state index contributed by atoms with van der Waals surface area (Å²) < 4.78 is 5.20. The number of carbonyl (C=O) groups excluding carboxylic acids is 3. The maximum Gasteiger partial charge on any atom is 0.427 e. The molecule has 1 unspecified atom stereocenters. The largest absolute Gasteiger partial charge is 0.443 e. The number of benzene rings is 2. The number of rotatable bonds is 3. The quantitative estimate of drug-likeness (QED) is 0.609. The first-order valence-electron chi connectivity index (χ1n) is 8.67. The predicted molar refractivity (Wildman–Crippen MR) is 111 cm³/mol. The summed E-state index contributed by atoms with van der Waals surface area (Å²) in [5.41, 5.74) is 2.39. The number of hydrogen-bond acceptors (Lipinski definition) is 4. The van der Waals surface area contributed by atoms with Gasteiger partial charge in [0.05, 0.1) is 5.69 Å². The van der Waals surface area contributed by atoms with Crippen molar-refractivity contribution in [2.24, 2.45) is 0 Å². The van der Waals surface area contributed by atoms with Gasteiger partial charge in [-0.3, -0.25) is 10.1 Å². The molecule has 0 saturated carbocycles. The van der Waals surface area contributed by atoms with Crippen molar-refractivity contribution in [1.29, 1.82) is 0 Å². The molecular weight excluding hydrogens is 377 g/mol. The fourth-order valence-corrected chi connectivity index (χ4v) is 2.81. The summed E-state index contributed by atoms with van der Waals surface area (Å²) in [6.45, 7) is 7.14. The van der Waals surface area contributed by atoms with Crippen molar-refractivity contribution in [3.63, 3.8) is 0 Å². The van der Waals surface area contributed by atoms with Gasteiger partial charge in [0.2, 0.25) is 0 Å². The topological polar surface area (TPSA) is 87.7 Å². The van der Waals surface area contributed by atoms with Crippen molar-refractivity contribution < 1.29 is 19.1 Å². The van der Waals surface area contributed by atoms with Gasteiger partial charge < -0.3 is 4.74 Å². The lowest BCUT2D eigenvalue weighted by atomic mass is 10.2. The van der Waals surface area contributed by atoms with Crippen LogP contribution in [0.25, 0.3) is 0 Å². The van der Waals surface area contributed by atoms with Crippen molar-refractivity contribution in [3.05, 3.63) is 60.2 Å². The SMILES string of the molecule is CPc1cccc(C(=O)NC(=O)N(NC(=O)OC(C)(C)C)c2ccccc2)c1. The standard InChI is InChI=1S/C20H24N3O4P/c1-20(2,3)27-19(26)22-23(15-10-6-5-7-11-15)18(25)21-17(24)14-9-8-12-16(13-14)28-4/h5-13,28H,1-4H3,(H,22,26)(H,21,24,25). The van der Waals surface area contributed by atoms with E-state index in [1.807, 2.05) is 12.7 Å². The number of hydrazine groups is 1. The maximum atomic E-state index is 12.7. The van der Waals surface area contributed by atoms with Crippen molar-refractivity contribution in [1.82, 2.24) is 10.7 Å². The van der Waals surface area contributed by atoms with E-state index in [0.29, 0.717) is 19.8 Å². The minimum atomic E-state index is -0.812. The van der Waals surface area contributed by atoms with E-state index in [1.54, 1.807) is 69.3 Å². The van der Waals surface area contributed by atoms with Crippen LogP contribution < -0.4 is 21.1 Å². The predicted octanol–water partition coefficient (Wildman–Crippen LogP) is 3.42. The number of amides is 4. The fourth-order valence-electron chi connectivity index (χ4n) is 2.24. The van der Waals surface area contributed by atoms with Crippen LogP contribution in [0.3, 0.4) is 0 Å². The minimum absolute atomic E-state index is 0.366. The van der Waals surface area contributed by atoms with Gasteiger partial charge in [0.15, 0.2) is 0 Å². The van der Waals surface area contributed by atoms with E-state index in [-0.39, 0.29) is 0 Å². The highest BCUT2D eigenvalue weighted by Gasteiger charge is 2.24. The Morgan fingerprint density at radius 1 is 1.00 bits per heavy atom. The molecule has 28 heavy (non-hydrogen) atoms. The average Bonchev–Trinajstić information content (AvgIpc) is 2.65. The van der Waals surface area contributed by atoms with E-state index in [4.69, 9.17) is 4.74 Å². The summed E-state index contributed by atoms with van der Waals surface area (Å²) in [6.07, 6.45) is -0.812. The highest BCUT2D eigenvalue weighted by Crippen LogP contribution is 2.13. The number of nitrogens with zero attached hydrogens (tertiary/aromatic N) is 1. The monoisotopic (exact) mass is 401 g/mol. The summed E-state index contributed by atoms with van der Waals surface area (Å²) in [5, 5.41) is 4.24. The molecule has 0 aliphatic carbocycles. The van der Waals surface area contributed by atoms with Crippen LogP contribution in [-0.4, -0.2) is 30.3 Å². The van der Waals surface area contributed by atoms with Crippen LogP contribution in [0.1, 0.15) is 31.1 Å². The molecule has 0 fully saturated rings. The first-order valence-corrected chi connectivity index (χ1v) is 10.2. The summed E-state index contributed by atoms with van der Waals surface area (Å²) in [6, 6.07) is 14.7. The van der Waals surface area contributed by atoms with Crippen LogP contribution in [0.15, 0.2) is 54.6 Å². The molecule has 0 aliphatic rings. The molecule has 1 atom stereocenters. The van der Waals surface area contributed by atoms with Crippen LogP contribution in [0.2, 0.25) is 0 Å². The number of hydrogen-bond donors (Lipinski definition) is 2. The minimum Gasteiger partial charge on any atom is -0.443 e. The van der Waals surface area contributed by atoms with Crippen molar-refractivity contribution in [3.8, 4) is 0 Å². The first-order chi connectivity index (χ1) is 13.2. The Bertz CT molecular complexity index is 850. The Hall–Kier alpha value is -2.92. The molecule has 0 aromatic heterocycles. The average molecular weight is 401 g/mol. The van der Waals surface area contributed by atoms with Gasteiger partial charge in [-0.1, -0.05) is 38.9 Å². The molecular formula is C20H24N3O4P. The number of carbonyl (C=O) groups is 3. The molecule has 0 heterocycles. The third-order valence-corrected chi connectivity index (χ3v) is 4.34. The van der Waals surface area contributed by atoms with Crippen molar-refractivity contribution in [2.75, 3.05) is 11.7 Å². The lowest BCUT2D eigenvalue weighted by Crippen LogP contribution is -2.53. The number of urea groups is 1. The Kier molecular flexibility index (Phi) is 7.12. The number of ether oxygens (including phenoxy) is 1. The molecule has 0 spiro atoms. The second kappa shape index (κ2) is 9.33. The molecule has 4 amide bonds. The molecule has 0 saturated heterocycles. The molecule has 2 N–H and O–H groups in total. The second-order valence-corrected chi connectivity index (χ2v) is 7.95. The summed E-state index contributed by atoms with van der Waals surface area (Å²) in [5.74, 6) is -0.558. The highest BCUT2D eigenvalue weighted by atomic mass is 31.1. The molecule has 0 aliphatic heterocycles. The zero-order chi connectivity index (χ0) is 20.7. The Morgan fingerprint density at radius 2 is 1.68 bits per heavy atom. The van der Waals surface area contributed by atoms with E-state index >= 15 is 0 Å². The molecule has 7 nitrogen and oxygen atoms in total. The highest BCUT2D eigenvalue weighted by molar-refractivity contribution is 7.46. The first kappa shape index (κ1) is 21.4. The van der Waals surface area contributed by atoms with Crippen LogP contribution in [0.4, 0.5) is 15.3 Å². The maximum absolute atomic E-state index is 12.7. The van der Waals surface area contributed by atoms with Crippen LogP contribution in [0, 0.1) is 0 Å². The smallest absolute Gasteiger partial charge is 0.427 e. The molecule has 2 aromatic rings. The van der Waals surface area contributed by atoms with Gasteiger partial charge >= 0.3 is 12.1 Å². The molecule has 8 heteroatoms. The van der Waals surface area contributed by atoms with Crippen LogP contribution in [-0.2, 0) is 4.74 Å². The number of imide groups is 1. The van der Waals surface area contributed by atoms with Gasteiger partial charge in [0, 0.05) is 5.56 Å². The fraction of sp³-hybridized carbons (Fsp3) is 0.250. The molecule has 148 valence electrons. The molecule has 0 bridgehead atoms. The Labute approximate surface area is 166 Å². The Morgan fingerprint density at radius 3 is 2.29 bits per heavy atom. The summed E-state index contributed by atoms with van der Waals surface area (Å²) in [4.78, 5) is 37.3. The van der Waals surface area contributed by atoms with Crippen LogP contribution in [0.5, 0.6) is 0 Å². The lowest BCUT2D eigenvalue weighted by Gasteiger charge is -2.26. The third-order valence-electron chi connectivity index (χ3n) is 3.45. The number of para-hydroxylation sites is 1. The van der Waals surface area contributed by atoms with E-state index in [2.05, 4.69) is 10.7 Å². The van der Waals surface area contributed by atoms with Gasteiger partial charge in [-0.05, 0) is 57.0 Å². The van der Waals surface area contributed by atoms with Gasteiger partial charge in [0.1, 0.15) is 5.60 Å². The van der Waals surface area contributed by atoms with Crippen molar-refractivity contribution >= 4 is 37.6 Å². The zero-order valence-electron chi connectivity index (χ0n) is 16.3. The van der Waals surface area contributed by atoms with Gasteiger partial charge in [-0.25, -0.2) is 15.0 Å². The third kappa shape index (κ3) is 6.35. The van der Waals surface area contributed by atoms with E-state index in [1.165, 1.54) is 0 Å². The molecule has 0 radical (unpaired) electrons. The summed E-state index contributed by atoms with van der Waals surface area (Å²) in [7, 11) is 0.530. The second-order valence-electron chi connectivity index (χ2n) is 6.87. The number of anilines is 1. The summed E-state index contributed by atoms with van der Waals surface area (Å²) >= 11 is 0. The van der Waals surface area contributed by atoms with Crippen LogP contribution >= 0.6 is 8.58 Å². The van der Waals surface area contributed by atoms with Crippen molar-refractivity contribution in [2.45, 2.75) is 26.4 Å². The normalized spacial score (nSPS) is 11.1. The van der Waals surface area contributed by atoms with E-state index < -0.39 is 23.6 Å². The van der Waals surface area contributed by atoms with Gasteiger partial charge in [0.25, 0.3) is 5.91 Å². The Balaban J connectivity index is 2.18. The number of nitrogens with one attached hydrogen (secondary N) is 2. The lowest BCUT2D eigenvalue weighted by molar-refractivity contribution is 0.0523. The molecule has 2 aromatic carbocycles. The van der Waals surface area contributed by atoms with E-state index in [9.17, 15) is 14.4 Å². The molecule has 2 rings (SSSR count). The van der Waals surface area contributed by atoms with E-state index in [0.717, 1.165) is 10.3 Å². The van der Waals surface area contributed by atoms with Gasteiger partial charge in [-0.15, -0.1) is 0 Å². The zero-order valence-corrected chi connectivity index (χ0v) is 17.3.